The highest BCUT2D eigenvalue weighted by atomic mass is 32.1. The summed E-state index contributed by atoms with van der Waals surface area (Å²) < 4.78 is 5.25. The third-order valence-electron chi connectivity index (χ3n) is 4.80. The van der Waals surface area contributed by atoms with Gasteiger partial charge in [0.25, 0.3) is 5.91 Å². The number of benzene rings is 1. The average molecular weight is 329 g/mol. The van der Waals surface area contributed by atoms with Crippen LogP contribution in [0.2, 0.25) is 0 Å². The number of hydrogen-bond donors (Lipinski definition) is 1. The van der Waals surface area contributed by atoms with E-state index in [1.165, 1.54) is 29.7 Å². The molecule has 1 amide bonds. The van der Waals surface area contributed by atoms with Crippen molar-refractivity contribution in [2.75, 3.05) is 13.7 Å². The highest BCUT2D eigenvalue weighted by Gasteiger charge is 2.36. The number of rotatable bonds is 5. The van der Waals surface area contributed by atoms with Gasteiger partial charge < -0.3 is 10.1 Å². The number of amides is 1. The molecule has 1 saturated carbocycles. The fourth-order valence-corrected chi connectivity index (χ4v) is 4.26. The fraction of sp³-hybridized carbons (Fsp3) is 0.421. The Kier molecular flexibility index (Phi) is 4.71. The van der Waals surface area contributed by atoms with E-state index in [0.717, 1.165) is 29.0 Å². The van der Waals surface area contributed by atoms with Gasteiger partial charge >= 0.3 is 0 Å². The lowest BCUT2D eigenvalue weighted by Crippen LogP contribution is -2.38. The van der Waals surface area contributed by atoms with E-state index >= 15 is 0 Å². The minimum Gasteiger partial charge on any atom is -0.497 e. The van der Waals surface area contributed by atoms with Gasteiger partial charge in [0, 0.05) is 12.0 Å². The van der Waals surface area contributed by atoms with Crippen LogP contribution >= 0.6 is 11.3 Å². The van der Waals surface area contributed by atoms with Crippen LogP contribution in [0.1, 0.15) is 46.5 Å². The molecule has 0 radical (unpaired) electrons. The van der Waals surface area contributed by atoms with Gasteiger partial charge in [-0.1, -0.05) is 25.0 Å². The lowest BCUT2D eigenvalue weighted by Gasteiger charge is -2.30. The first kappa shape index (κ1) is 16.1. The quantitative estimate of drug-likeness (QED) is 0.888. The number of ether oxygens (including phenoxy) is 1. The summed E-state index contributed by atoms with van der Waals surface area (Å²) in [5.41, 5.74) is 2.51. The molecule has 1 aliphatic carbocycles. The Morgan fingerprint density at radius 1 is 1.26 bits per heavy atom. The van der Waals surface area contributed by atoms with Crippen LogP contribution in [0.15, 0.2) is 35.7 Å². The third kappa shape index (κ3) is 3.42. The van der Waals surface area contributed by atoms with E-state index in [4.69, 9.17) is 4.74 Å². The Morgan fingerprint density at radius 3 is 2.52 bits per heavy atom. The summed E-state index contributed by atoms with van der Waals surface area (Å²) in [4.78, 5) is 13.2. The molecule has 0 aliphatic heterocycles. The first-order valence-corrected chi connectivity index (χ1v) is 8.99. The highest BCUT2D eigenvalue weighted by molar-refractivity contribution is 7.12. The second-order valence-corrected chi connectivity index (χ2v) is 7.30. The number of carbonyl (C=O) groups excluding carboxylic acids is 1. The van der Waals surface area contributed by atoms with Gasteiger partial charge in [0.1, 0.15) is 5.75 Å². The molecular formula is C19H23NO2S. The number of hydrogen-bond acceptors (Lipinski definition) is 3. The van der Waals surface area contributed by atoms with Gasteiger partial charge in [0.15, 0.2) is 0 Å². The Labute approximate surface area is 141 Å². The van der Waals surface area contributed by atoms with Crippen LogP contribution in [0.3, 0.4) is 0 Å². The van der Waals surface area contributed by atoms with Crippen molar-refractivity contribution in [2.45, 2.75) is 38.0 Å². The van der Waals surface area contributed by atoms with Crippen LogP contribution in [0.4, 0.5) is 0 Å². The van der Waals surface area contributed by atoms with Gasteiger partial charge in [0.05, 0.1) is 12.0 Å². The SMILES string of the molecule is COc1ccc(C2(CNC(=O)c3cc(C)cs3)CCCC2)cc1. The minimum absolute atomic E-state index is 0.0443. The Bertz CT molecular complexity index is 669. The topological polar surface area (TPSA) is 38.3 Å². The van der Waals surface area contributed by atoms with Gasteiger partial charge in [-0.05, 0) is 54.5 Å². The second kappa shape index (κ2) is 6.75. The fourth-order valence-electron chi connectivity index (χ4n) is 3.45. The second-order valence-electron chi connectivity index (χ2n) is 6.39. The average Bonchev–Trinajstić information content (AvgIpc) is 3.23. The molecule has 1 fully saturated rings. The predicted molar refractivity (Wildman–Crippen MR) is 94.5 cm³/mol. The summed E-state index contributed by atoms with van der Waals surface area (Å²) >= 11 is 1.51. The zero-order valence-corrected chi connectivity index (χ0v) is 14.5. The van der Waals surface area contributed by atoms with Crippen molar-refractivity contribution >= 4 is 17.2 Å². The number of carbonyl (C=O) groups is 1. The molecule has 0 unspecified atom stereocenters. The van der Waals surface area contributed by atoms with Gasteiger partial charge in [-0.3, -0.25) is 4.79 Å². The van der Waals surface area contributed by atoms with E-state index < -0.39 is 0 Å². The van der Waals surface area contributed by atoms with Crippen molar-refractivity contribution in [1.82, 2.24) is 5.32 Å². The van der Waals surface area contributed by atoms with Crippen LogP contribution in [0.5, 0.6) is 5.75 Å². The summed E-state index contributed by atoms with van der Waals surface area (Å²) in [6.45, 7) is 2.72. The van der Waals surface area contributed by atoms with Crippen LogP contribution in [0.25, 0.3) is 0 Å². The summed E-state index contributed by atoms with van der Waals surface area (Å²) in [7, 11) is 1.68. The Balaban J connectivity index is 1.74. The van der Waals surface area contributed by atoms with Crippen molar-refractivity contribution < 1.29 is 9.53 Å². The summed E-state index contributed by atoms with van der Waals surface area (Å²) in [6.07, 6.45) is 4.70. The number of methoxy groups -OCH3 is 1. The van der Waals surface area contributed by atoms with Gasteiger partial charge in [0.2, 0.25) is 0 Å². The van der Waals surface area contributed by atoms with Crippen LogP contribution in [-0.2, 0) is 5.41 Å². The van der Waals surface area contributed by atoms with E-state index in [-0.39, 0.29) is 11.3 Å². The highest BCUT2D eigenvalue weighted by Crippen LogP contribution is 2.41. The molecule has 3 nitrogen and oxygen atoms in total. The van der Waals surface area contributed by atoms with Gasteiger partial charge in [-0.2, -0.15) is 0 Å². The standard InChI is InChI=1S/C19H23NO2S/c1-14-11-17(23-12-14)18(21)20-13-19(9-3-4-10-19)15-5-7-16(22-2)8-6-15/h5-8,11-12H,3-4,9-10,13H2,1-2H3,(H,20,21). The van der Waals surface area contributed by atoms with E-state index in [2.05, 4.69) is 17.4 Å². The molecule has 1 aliphatic rings. The molecule has 3 rings (SSSR count). The minimum atomic E-state index is 0.0443. The van der Waals surface area contributed by atoms with Crippen molar-refractivity contribution in [1.29, 1.82) is 0 Å². The van der Waals surface area contributed by atoms with Crippen molar-refractivity contribution in [3.63, 3.8) is 0 Å². The Morgan fingerprint density at radius 2 is 1.96 bits per heavy atom. The molecule has 0 spiro atoms. The summed E-state index contributed by atoms with van der Waals surface area (Å²) in [5, 5.41) is 5.18. The van der Waals surface area contributed by atoms with Crippen molar-refractivity contribution in [3.8, 4) is 5.75 Å². The van der Waals surface area contributed by atoms with Crippen molar-refractivity contribution in [3.05, 3.63) is 51.7 Å². The molecule has 0 atom stereocenters. The molecule has 0 saturated heterocycles. The van der Waals surface area contributed by atoms with Crippen LogP contribution < -0.4 is 10.1 Å². The monoisotopic (exact) mass is 329 g/mol. The number of aryl methyl sites for hydroxylation is 1. The van der Waals surface area contributed by atoms with Gasteiger partial charge in [-0.15, -0.1) is 11.3 Å². The maximum atomic E-state index is 12.4. The first-order chi connectivity index (χ1) is 11.1. The molecule has 1 aromatic heterocycles. The van der Waals surface area contributed by atoms with E-state index in [1.807, 2.05) is 30.5 Å². The normalized spacial score (nSPS) is 16.3. The smallest absolute Gasteiger partial charge is 0.261 e. The third-order valence-corrected chi connectivity index (χ3v) is 5.85. The molecule has 1 heterocycles. The molecule has 4 heteroatoms. The maximum absolute atomic E-state index is 12.4. The van der Waals surface area contributed by atoms with E-state index in [1.54, 1.807) is 7.11 Å². The van der Waals surface area contributed by atoms with Crippen LogP contribution in [-0.4, -0.2) is 19.6 Å². The predicted octanol–water partition coefficient (Wildman–Crippen LogP) is 4.31. The number of thiophene rings is 1. The molecule has 2 aromatic rings. The van der Waals surface area contributed by atoms with Crippen LogP contribution in [0, 0.1) is 6.92 Å². The maximum Gasteiger partial charge on any atom is 0.261 e. The van der Waals surface area contributed by atoms with Gasteiger partial charge in [-0.25, -0.2) is 0 Å². The lowest BCUT2D eigenvalue weighted by molar-refractivity contribution is 0.0947. The summed E-state index contributed by atoms with van der Waals surface area (Å²) in [6, 6.07) is 10.3. The van der Waals surface area contributed by atoms with E-state index in [9.17, 15) is 4.79 Å². The molecular weight excluding hydrogens is 306 g/mol. The molecule has 23 heavy (non-hydrogen) atoms. The Hall–Kier alpha value is -1.81. The van der Waals surface area contributed by atoms with E-state index in [0.29, 0.717) is 6.54 Å². The summed E-state index contributed by atoms with van der Waals surface area (Å²) in [5.74, 6) is 0.919. The molecule has 0 bridgehead atoms. The molecule has 1 aromatic carbocycles. The van der Waals surface area contributed by atoms with Crippen molar-refractivity contribution in [2.24, 2.45) is 0 Å². The molecule has 1 N–H and O–H groups in total. The number of nitrogens with one attached hydrogen (secondary N) is 1. The lowest BCUT2D eigenvalue weighted by atomic mass is 9.78. The zero-order valence-electron chi connectivity index (χ0n) is 13.7. The largest absolute Gasteiger partial charge is 0.497 e. The zero-order chi connectivity index (χ0) is 16.3. The first-order valence-electron chi connectivity index (χ1n) is 8.11. The molecule has 122 valence electrons.